The Kier molecular flexibility index (Phi) is 5.45. The lowest BCUT2D eigenvalue weighted by Crippen LogP contribution is -2.49. The van der Waals surface area contributed by atoms with E-state index in [4.69, 9.17) is 4.52 Å². The minimum Gasteiger partial charge on any atom is -0.351 e. The third kappa shape index (κ3) is 4.43. The van der Waals surface area contributed by atoms with Crippen molar-refractivity contribution < 1.29 is 9.32 Å². The predicted molar refractivity (Wildman–Crippen MR) is 93.9 cm³/mol. The van der Waals surface area contributed by atoms with Crippen LogP contribution in [-0.4, -0.2) is 59.1 Å². The fourth-order valence-electron chi connectivity index (χ4n) is 3.05. The third-order valence-electron chi connectivity index (χ3n) is 4.66. The molecule has 2 aromatic rings. The van der Waals surface area contributed by atoms with E-state index in [2.05, 4.69) is 38.2 Å². The zero-order valence-electron chi connectivity index (χ0n) is 15.0. The molecule has 1 saturated heterocycles. The van der Waals surface area contributed by atoms with Crippen molar-refractivity contribution in [2.24, 2.45) is 0 Å². The Hall–Kier alpha value is -2.25. The Morgan fingerprint density at radius 2 is 2.12 bits per heavy atom. The second kappa shape index (κ2) is 7.76. The summed E-state index contributed by atoms with van der Waals surface area (Å²) in [6.07, 6.45) is 0. The summed E-state index contributed by atoms with van der Waals surface area (Å²) >= 11 is 0. The van der Waals surface area contributed by atoms with E-state index in [0.717, 1.165) is 18.7 Å². The molecular formula is C18H25N5O2. The number of aromatic nitrogens is 2. The van der Waals surface area contributed by atoms with Gasteiger partial charge in [-0.05, 0) is 32.0 Å². The van der Waals surface area contributed by atoms with Gasteiger partial charge in [-0.1, -0.05) is 29.4 Å². The molecule has 0 aliphatic carbocycles. The van der Waals surface area contributed by atoms with E-state index >= 15 is 0 Å². The average Bonchev–Trinajstić information content (AvgIpc) is 3.02. The monoisotopic (exact) mass is 343 g/mol. The summed E-state index contributed by atoms with van der Waals surface area (Å²) in [5.41, 5.74) is 2.34. The minimum atomic E-state index is 0.0270. The van der Waals surface area contributed by atoms with Crippen molar-refractivity contribution in [2.75, 3.05) is 33.2 Å². The van der Waals surface area contributed by atoms with E-state index < -0.39 is 0 Å². The SMILES string of the molecule is Cc1noc([C@@H]2CN(CC(=O)NCc3ccccc3C)CCN2C)n1. The van der Waals surface area contributed by atoms with Crippen molar-refractivity contribution in [1.82, 2.24) is 25.3 Å². The molecule has 1 fully saturated rings. The van der Waals surface area contributed by atoms with Gasteiger partial charge in [-0.3, -0.25) is 14.6 Å². The predicted octanol–water partition coefficient (Wildman–Crippen LogP) is 1.29. The van der Waals surface area contributed by atoms with Gasteiger partial charge in [0, 0.05) is 26.2 Å². The highest BCUT2D eigenvalue weighted by molar-refractivity contribution is 5.78. The van der Waals surface area contributed by atoms with Crippen LogP contribution in [0.2, 0.25) is 0 Å². The Morgan fingerprint density at radius 3 is 2.84 bits per heavy atom. The number of hydrogen-bond donors (Lipinski definition) is 1. The van der Waals surface area contributed by atoms with Crippen molar-refractivity contribution in [1.29, 1.82) is 0 Å². The summed E-state index contributed by atoms with van der Waals surface area (Å²) in [5, 5.41) is 6.88. The molecule has 0 unspecified atom stereocenters. The van der Waals surface area contributed by atoms with Gasteiger partial charge in [-0.15, -0.1) is 0 Å². The molecule has 1 aliphatic rings. The zero-order valence-corrected chi connectivity index (χ0v) is 15.0. The molecule has 1 N–H and O–H groups in total. The molecule has 134 valence electrons. The first-order valence-electron chi connectivity index (χ1n) is 8.57. The van der Waals surface area contributed by atoms with Crippen molar-refractivity contribution in [3.8, 4) is 0 Å². The molecule has 1 aliphatic heterocycles. The first-order chi connectivity index (χ1) is 12.0. The van der Waals surface area contributed by atoms with Crippen molar-refractivity contribution in [3.63, 3.8) is 0 Å². The van der Waals surface area contributed by atoms with E-state index in [-0.39, 0.29) is 11.9 Å². The van der Waals surface area contributed by atoms with Crippen LogP contribution in [0, 0.1) is 13.8 Å². The van der Waals surface area contributed by atoms with Crippen LogP contribution in [0.4, 0.5) is 0 Å². The Balaban J connectivity index is 1.53. The number of likely N-dealkylation sites (N-methyl/N-ethyl adjacent to an activating group) is 1. The van der Waals surface area contributed by atoms with E-state index in [9.17, 15) is 4.79 Å². The van der Waals surface area contributed by atoms with Gasteiger partial charge >= 0.3 is 0 Å². The number of nitrogens with zero attached hydrogens (tertiary/aromatic N) is 4. The quantitative estimate of drug-likeness (QED) is 0.882. The summed E-state index contributed by atoms with van der Waals surface area (Å²) in [4.78, 5) is 21.0. The summed E-state index contributed by atoms with van der Waals surface area (Å²) in [5.74, 6) is 1.29. The molecule has 1 atom stereocenters. The van der Waals surface area contributed by atoms with Crippen LogP contribution in [0.25, 0.3) is 0 Å². The Morgan fingerprint density at radius 1 is 1.32 bits per heavy atom. The minimum absolute atomic E-state index is 0.0270. The van der Waals surface area contributed by atoms with E-state index in [1.807, 2.05) is 32.2 Å². The Bertz CT molecular complexity index is 730. The van der Waals surface area contributed by atoms with E-state index in [1.165, 1.54) is 5.56 Å². The molecule has 2 heterocycles. The van der Waals surface area contributed by atoms with Crippen LogP contribution >= 0.6 is 0 Å². The van der Waals surface area contributed by atoms with Crippen LogP contribution in [0.1, 0.15) is 28.9 Å². The lowest BCUT2D eigenvalue weighted by Gasteiger charge is -2.37. The summed E-state index contributed by atoms with van der Waals surface area (Å²) < 4.78 is 5.32. The number of benzene rings is 1. The first-order valence-corrected chi connectivity index (χ1v) is 8.57. The van der Waals surface area contributed by atoms with Gasteiger partial charge in [0.15, 0.2) is 5.82 Å². The average molecular weight is 343 g/mol. The van der Waals surface area contributed by atoms with Gasteiger partial charge < -0.3 is 9.84 Å². The fraction of sp³-hybridized carbons (Fsp3) is 0.500. The molecule has 0 bridgehead atoms. The number of nitrogens with one attached hydrogen (secondary N) is 1. The van der Waals surface area contributed by atoms with E-state index in [0.29, 0.717) is 31.3 Å². The summed E-state index contributed by atoms with van der Waals surface area (Å²) in [6.45, 7) is 7.21. The number of carbonyl (C=O) groups excluding carboxylic acids is 1. The Labute approximate surface area is 148 Å². The number of hydrogen-bond acceptors (Lipinski definition) is 6. The van der Waals surface area contributed by atoms with Crippen LogP contribution < -0.4 is 5.32 Å². The highest BCUT2D eigenvalue weighted by Crippen LogP contribution is 2.22. The third-order valence-corrected chi connectivity index (χ3v) is 4.66. The molecule has 7 nitrogen and oxygen atoms in total. The maximum Gasteiger partial charge on any atom is 0.245 e. The lowest BCUT2D eigenvalue weighted by atomic mass is 10.1. The van der Waals surface area contributed by atoms with Gasteiger partial charge in [0.05, 0.1) is 6.54 Å². The smallest absolute Gasteiger partial charge is 0.245 e. The lowest BCUT2D eigenvalue weighted by molar-refractivity contribution is -0.123. The molecule has 7 heteroatoms. The van der Waals surface area contributed by atoms with E-state index in [1.54, 1.807) is 0 Å². The standard InChI is InChI=1S/C18H25N5O2/c1-13-6-4-5-7-15(13)10-19-17(24)12-23-9-8-22(3)16(11-23)18-20-14(2)21-25-18/h4-7,16H,8-12H2,1-3H3,(H,19,24)/t16-/m0/s1. The van der Waals surface area contributed by atoms with Crippen LogP contribution in [0.5, 0.6) is 0 Å². The molecule has 0 saturated carbocycles. The number of amides is 1. The largest absolute Gasteiger partial charge is 0.351 e. The van der Waals surface area contributed by atoms with Crippen LogP contribution in [0.3, 0.4) is 0 Å². The summed E-state index contributed by atoms with van der Waals surface area (Å²) in [6, 6.07) is 8.12. The first kappa shape index (κ1) is 17.6. The maximum atomic E-state index is 12.3. The van der Waals surface area contributed by atoms with Crippen LogP contribution in [-0.2, 0) is 11.3 Å². The number of piperazine rings is 1. The molecule has 3 rings (SSSR count). The van der Waals surface area contributed by atoms with Gasteiger partial charge in [0.1, 0.15) is 6.04 Å². The highest BCUT2D eigenvalue weighted by Gasteiger charge is 2.30. The molecular weight excluding hydrogens is 318 g/mol. The van der Waals surface area contributed by atoms with Crippen molar-refractivity contribution in [2.45, 2.75) is 26.4 Å². The van der Waals surface area contributed by atoms with Crippen molar-refractivity contribution >= 4 is 5.91 Å². The molecule has 0 radical (unpaired) electrons. The topological polar surface area (TPSA) is 74.5 Å². The highest BCUT2D eigenvalue weighted by atomic mass is 16.5. The second-order valence-electron chi connectivity index (χ2n) is 6.61. The molecule has 1 amide bonds. The van der Waals surface area contributed by atoms with Gasteiger partial charge in [0.25, 0.3) is 0 Å². The number of aryl methyl sites for hydroxylation is 2. The number of rotatable bonds is 5. The molecule has 1 aromatic carbocycles. The van der Waals surface area contributed by atoms with Crippen molar-refractivity contribution in [3.05, 3.63) is 47.1 Å². The number of carbonyl (C=O) groups is 1. The zero-order chi connectivity index (χ0) is 17.8. The summed E-state index contributed by atoms with van der Waals surface area (Å²) in [7, 11) is 2.04. The normalized spacial score (nSPS) is 19.1. The molecule has 0 spiro atoms. The molecule has 1 aromatic heterocycles. The van der Waals surface area contributed by atoms with Gasteiger partial charge in [-0.25, -0.2) is 0 Å². The fourth-order valence-corrected chi connectivity index (χ4v) is 3.05. The van der Waals surface area contributed by atoms with Crippen LogP contribution in [0.15, 0.2) is 28.8 Å². The van der Waals surface area contributed by atoms with Gasteiger partial charge in [-0.2, -0.15) is 4.98 Å². The van der Waals surface area contributed by atoms with Gasteiger partial charge in [0.2, 0.25) is 11.8 Å². The second-order valence-corrected chi connectivity index (χ2v) is 6.61. The maximum absolute atomic E-state index is 12.3. The molecule has 25 heavy (non-hydrogen) atoms.